The second kappa shape index (κ2) is 12.4. The normalized spacial score (nSPS) is 21.1. The van der Waals surface area contributed by atoms with Gasteiger partial charge in [0.2, 0.25) is 0 Å². The van der Waals surface area contributed by atoms with Gasteiger partial charge in [-0.1, -0.05) is 12.1 Å². The maximum Gasteiger partial charge on any atom is 0.260 e. The molecule has 1 saturated heterocycles. The monoisotopic (exact) mass is 664 g/mol. The predicted octanol–water partition coefficient (Wildman–Crippen LogP) is 5.95. The van der Waals surface area contributed by atoms with E-state index in [4.69, 9.17) is 28.7 Å². The highest BCUT2D eigenvalue weighted by atomic mass is 16.5. The van der Waals surface area contributed by atoms with E-state index in [2.05, 4.69) is 5.32 Å². The Morgan fingerprint density at radius 1 is 0.857 bits per heavy atom. The summed E-state index contributed by atoms with van der Waals surface area (Å²) in [6, 6.07) is 15.1. The van der Waals surface area contributed by atoms with Gasteiger partial charge < -0.3 is 38.8 Å². The highest BCUT2D eigenvalue weighted by molar-refractivity contribution is 6.04. The number of ether oxygens (including phenoxy) is 5. The third kappa shape index (κ3) is 5.70. The van der Waals surface area contributed by atoms with Crippen LogP contribution in [0.1, 0.15) is 58.4 Å². The lowest BCUT2D eigenvalue weighted by atomic mass is 10.0. The fraction of sp³-hybridized carbons (Fsp3) is 0.395. The lowest BCUT2D eigenvalue weighted by Crippen LogP contribution is -2.35. The van der Waals surface area contributed by atoms with E-state index in [1.54, 1.807) is 39.5 Å². The van der Waals surface area contributed by atoms with Gasteiger partial charge in [0.1, 0.15) is 5.75 Å². The third-order valence-electron chi connectivity index (χ3n) is 10.4. The molecule has 1 spiro atoms. The van der Waals surface area contributed by atoms with Crippen LogP contribution >= 0.6 is 0 Å². The van der Waals surface area contributed by atoms with Crippen LogP contribution in [0, 0.1) is 5.41 Å². The number of benzene rings is 3. The number of hydrogen-bond donors (Lipinski definition) is 1. The van der Waals surface area contributed by atoms with Gasteiger partial charge >= 0.3 is 0 Å². The topological polar surface area (TPSA) is 111 Å². The van der Waals surface area contributed by atoms with Crippen LogP contribution in [0.15, 0.2) is 59.7 Å². The number of methoxy groups -OCH3 is 3. The molecule has 2 atom stereocenters. The number of aliphatic imine (C=N–C) groups is 1. The fourth-order valence-electron chi connectivity index (χ4n) is 7.43. The summed E-state index contributed by atoms with van der Waals surface area (Å²) in [4.78, 5) is 35.7. The number of fused-ring (bicyclic) bond motifs is 4. The van der Waals surface area contributed by atoms with E-state index in [0.29, 0.717) is 77.1 Å². The van der Waals surface area contributed by atoms with E-state index in [1.807, 2.05) is 52.5 Å². The fourth-order valence-corrected chi connectivity index (χ4v) is 7.43. The molecule has 1 aliphatic carbocycles. The predicted molar refractivity (Wildman–Crippen MR) is 185 cm³/mol. The summed E-state index contributed by atoms with van der Waals surface area (Å²) in [5.74, 6) is 2.77. The smallest absolute Gasteiger partial charge is 0.260 e. The molecule has 3 aromatic rings. The van der Waals surface area contributed by atoms with Crippen molar-refractivity contribution in [2.24, 2.45) is 10.4 Å². The Morgan fingerprint density at radius 2 is 1.57 bits per heavy atom. The van der Waals surface area contributed by atoms with Crippen molar-refractivity contribution in [2.45, 2.75) is 44.2 Å². The minimum Gasteiger partial charge on any atom is -0.497 e. The molecular weight excluding hydrogens is 624 g/mol. The van der Waals surface area contributed by atoms with E-state index in [1.165, 1.54) is 12.8 Å². The van der Waals surface area contributed by atoms with Crippen LogP contribution in [0.2, 0.25) is 0 Å². The van der Waals surface area contributed by atoms with E-state index in [9.17, 15) is 9.59 Å². The SMILES string of the molecule is COc1ccc(C2=CN3C(=O)c4cc(OC)c(OCCCOc5cc6c(cc5OC)C(=O)N5CC7(CC7)CC5C=N6)cc4NCC3C2)cc1. The third-order valence-corrected chi connectivity index (χ3v) is 10.4. The van der Waals surface area contributed by atoms with Crippen molar-refractivity contribution in [2.75, 3.05) is 52.9 Å². The van der Waals surface area contributed by atoms with Gasteiger partial charge in [0.05, 0.1) is 69.1 Å². The average molecular weight is 665 g/mol. The second-order valence-electron chi connectivity index (χ2n) is 13.4. The maximum absolute atomic E-state index is 13.7. The van der Waals surface area contributed by atoms with Crippen molar-refractivity contribution in [3.8, 4) is 28.7 Å². The van der Waals surface area contributed by atoms with Crippen LogP contribution in [0.5, 0.6) is 28.7 Å². The first-order chi connectivity index (χ1) is 23.9. The van der Waals surface area contributed by atoms with E-state index < -0.39 is 0 Å². The number of carbonyl (C=O) groups is 2. The highest BCUT2D eigenvalue weighted by Crippen LogP contribution is 2.55. The molecule has 0 bridgehead atoms. The Morgan fingerprint density at radius 3 is 2.27 bits per heavy atom. The van der Waals surface area contributed by atoms with Crippen LogP contribution in [0.3, 0.4) is 0 Å². The van der Waals surface area contributed by atoms with Crippen LogP contribution in [0.4, 0.5) is 11.4 Å². The van der Waals surface area contributed by atoms with Gasteiger partial charge in [0.15, 0.2) is 23.0 Å². The minimum absolute atomic E-state index is 0.000542. The summed E-state index contributed by atoms with van der Waals surface area (Å²) in [6.07, 6.45) is 8.55. The molecule has 0 radical (unpaired) electrons. The number of rotatable bonds is 10. The number of nitrogens with one attached hydrogen (secondary N) is 1. The highest BCUT2D eigenvalue weighted by Gasteiger charge is 2.53. The Balaban J connectivity index is 0.910. The molecule has 5 aliphatic rings. The number of nitrogens with zero attached hydrogens (tertiary/aromatic N) is 3. The van der Waals surface area contributed by atoms with Crippen LogP contribution in [-0.4, -0.2) is 87.5 Å². The molecule has 1 N–H and O–H groups in total. The molecule has 1 saturated carbocycles. The minimum atomic E-state index is -0.0836. The molecule has 2 amide bonds. The molecule has 2 fully saturated rings. The molecule has 8 rings (SSSR count). The number of carbonyl (C=O) groups excluding carboxylic acids is 2. The average Bonchev–Trinajstić information content (AvgIpc) is 3.66. The first-order valence-corrected chi connectivity index (χ1v) is 16.8. The molecular formula is C38H40N4O7. The molecule has 11 nitrogen and oxygen atoms in total. The lowest BCUT2D eigenvalue weighted by Gasteiger charge is -2.21. The number of amides is 2. The molecule has 3 aromatic carbocycles. The zero-order valence-corrected chi connectivity index (χ0v) is 28.0. The van der Waals surface area contributed by atoms with Crippen LogP contribution in [0.25, 0.3) is 5.57 Å². The van der Waals surface area contributed by atoms with Gasteiger partial charge in [0.25, 0.3) is 11.8 Å². The molecule has 4 aliphatic heterocycles. The van der Waals surface area contributed by atoms with Gasteiger partial charge in [-0.3, -0.25) is 14.6 Å². The van der Waals surface area contributed by atoms with Gasteiger partial charge in [-0.2, -0.15) is 0 Å². The maximum atomic E-state index is 13.7. The molecule has 4 heterocycles. The Hall–Kier alpha value is -5.19. The molecule has 11 heteroatoms. The van der Waals surface area contributed by atoms with Crippen LogP contribution in [-0.2, 0) is 0 Å². The number of hydrogen-bond acceptors (Lipinski definition) is 9. The van der Waals surface area contributed by atoms with Gasteiger partial charge in [-0.05, 0) is 66.5 Å². The Kier molecular flexibility index (Phi) is 7.85. The summed E-state index contributed by atoms with van der Waals surface area (Å²) in [7, 11) is 4.79. The van der Waals surface area contributed by atoms with Gasteiger partial charge in [0, 0.05) is 44.1 Å². The lowest BCUT2D eigenvalue weighted by molar-refractivity contribution is 0.0765. The first-order valence-electron chi connectivity index (χ1n) is 16.8. The number of anilines is 1. The van der Waals surface area contributed by atoms with Crippen molar-refractivity contribution < 1.29 is 33.3 Å². The van der Waals surface area contributed by atoms with Gasteiger partial charge in [-0.25, -0.2) is 0 Å². The standard InChI is InChI=1S/C38H40N4O7/c1-45-27-7-5-23(6-8-27)24-13-25-19-39-30-16-34(32(46-2)14-28(30)36(43)41(25)21-24)48-11-4-12-49-35-17-31-29(15-33(35)47-3)37(44)42-22-38(9-10-38)18-26(42)20-40-31/h5-8,14-17,20-21,25-26,39H,4,9-13,18-19,22H2,1-3H3. The van der Waals surface area contributed by atoms with Crippen molar-refractivity contribution in [3.05, 3.63) is 71.4 Å². The molecule has 49 heavy (non-hydrogen) atoms. The summed E-state index contributed by atoms with van der Waals surface area (Å²) in [5, 5.41) is 3.47. The molecule has 254 valence electrons. The second-order valence-corrected chi connectivity index (χ2v) is 13.4. The Bertz CT molecular complexity index is 1870. The zero-order valence-electron chi connectivity index (χ0n) is 28.0. The zero-order chi connectivity index (χ0) is 33.7. The van der Waals surface area contributed by atoms with Crippen molar-refractivity contribution in [3.63, 3.8) is 0 Å². The van der Waals surface area contributed by atoms with Crippen molar-refractivity contribution in [1.82, 2.24) is 9.80 Å². The molecule has 2 unspecified atom stereocenters. The van der Waals surface area contributed by atoms with Crippen molar-refractivity contribution in [1.29, 1.82) is 0 Å². The van der Waals surface area contributed by atoms with E-state index >= 15 is 0 Å². The largest absolute Gasteiger partial charge is 0.497 e. The van der Waals surface area contributed by atoms with Crippen molar-refractivity contribution >= 4 is 35.0 Å². The first kappa shape index (κ1) is 31.1. The summed E-state index contributed by atoms with van der Waals surface area (Å²) in [6.45, 7) is 2.11. The summed E-state index contributed by atoms with van der Waals surface area (Å²) in [5.41, 5.74) is 4.86. The summed E-state index contributed by atoms with van der Waals surface area (Å²) >= 11 is 0. The summed E-state index contributed by atoms with van der Waals surface area (Å²) < 4.78 is 28.8. The molecule has 0 aromatic heterocycles. The Labute approximate surface area is 285 Å². The van der Waals surface area contributed by atoms with E-state index in [0.717, 1.165) is 36.3 Å². The quantitative estimate of drug-likeness (QED) is 0.265. The van der Waals surface area contributed by atoms with Crippen LogP contribution < -0.4 is 29.0 Å². The van der Waals surface area contributed by atoms with Gasteiger partial charge in [-0.15, -0.1) is 0 Å². The van der Waals surface area contributed by atoms with E-state index in [-0.39, 0.29) is 23.9 Å².